The van der Waals surface area contributed by atoms with Crippen LogP contribution in [-0.2, 0) is 0 Å². The van der Waals surface area contributed by atoms with E-state index in [9.17, 15) is 10.1 Å². The number of nitro groups is 1. The van der Waals surface area contributed by atoms with E-state index in [0.717, 1.165) is 14.6 Å². The van der Waals surface area contributed by atoms with E-state index in [1.165, 1.54) is 17.8 Å². The van der Waals surface area contributed by atoms with Gasteiger partial charge in [-0.3, -0.25) is 10.1 Å². The lowest BCUT2D eigenvalue weighted by Crippen LogP contribution is -1.82. The summed E-state index contributed by atoms with van der Waals surface area (Å²) < 4.78 is 7.08. The zero-order valence-electron chi connectivity index (χ0n) is 10.1. The van der Waals surface area contributed by atoms with Crippen LogP contribution in [0, 0.1) is 10.1 Å². The molecule has 0 unspecified atom stereocenters. The SMILES string of the molecule is O=[N+]([O-])c1ccc(/C=C/Sc2nc3ccccc3s2)o1. The average Bonchev–Trinajstić information content (AvgIpc) is 3.04. The molecule has 100 valence electrons. The Hall–Kier alpha value is -2.12. The highest BCUT2D eigenvalue weighted by atomic mass is 32.2. The second-order valence-electron chi connectivity index (χ2n) is 3.80. The molecular weight excluding hydrogens is 296 g/mol. The first kappa shape index (κ1) is 12.9. The zero-order valence-corrected chi connectivity index (χ0v) is 11.7. The molecule has 7 heteroatoms. The van der Waals surface area contributed by atoms with E-state index >= 15 is 0 Å². The van der Waals surface area contributed by atoms with Crippen molar-refractivity contribution in [3.63, 3.8) is 0 Å². The Bertz CT molecular complexity index is 759. The largest absolute Gasteiger partial charge is 0.433 e. The topological polar surface area (TPSA) is 69.2 Å². The van der Waals surface area contributed by atoms with E-state index in [4.69, 9.17) is 4.42 Å². The van der Waals surface area contributed by atoms with Gasteiger partial charge in [-0.1, -0.05) is 23.9 Å². The molecule has 2 heterocycles. The lowest BCUT2D eigenvalue weighted by Gasteiger charge is -1.86. The number of hydrogen-bond donors (Lipinski definition) is 0. The molecule has 0 aliphatic heterocycles. The van der Waals surface area contributed by atoms with Gasteiger partial charge in [0.1, 0.15) is 10.7 Å². The lowest BCUT2D eigenvalue weighted by atomic mass is 10.3. The van der Waals surface area contributed by atoms with Crippen molar-refractivity contribution in [1.82, 2.24) is 4.98 Å². The minimum Gasteiger partial charge on any atom is -0.401 e. The molecule has 0 bridgehead atoms. The minimum absolute atomic E-state index is 0.255. The highest BCUT2D eigenvalue weighted by Gasteiger charge is 2.09. The fraction of sp³-hybridized carbons (Fsp3) is 0. The minimum atomic E-state index is -0.558. The van der Waals surface area contributed by atoms with E-state index < -0.39 is 4.92 Å². The maximum absolute atomic E-state index is 10.5. The van der Waals surface area contributed by atoms with E-state index in [1.807, 2.05) is 24.3 Å². The average molecular weight is 304 g/mol. The van der Waals surface area contributed by atoms with Crippen LogP contribution >= 0.6 is 23.1 Å². The zero-order chi connectivity index (χ0) is 13.9. The van der Waals surface area contributed by atoms with Crippen molar-refractivity contribution in [2.45, 2.75) is 4.34 Å². The first-order valence-electron chi connectivity index (χ1n) is 5.65. The van der Waals surface area contributed by atoms with Gasteiger partial charge in [-0.25, -0.2) is 4.98 Å². The van der Waals surface area contributed by atoms with Crippen molar-refractivity contribution in [2.75, 3.05) is 0 Å². The van der Waals surface area contributed by atoms with Crippen LogP contribution in [0.5, 0.6) is 0 Å². The lowest BCUT2D eigenvalue weighted by molar-refractivity contribution is -0.402. The number of thioether (sulfide) groups is 1. The van der Waals surface area contributed by atoms with Crippen LogP contribution in [0.2, 0.25) is 0 Å². The fourth-order valence-corrected chi connectivity index (χ4v) is 3.39. The quantitative estimate of drug-likeness (QED) is 0.401. The van der Waals surface area contributed by atoms with Crippen LogP contribution in [0.15, 0.2) is 50.6 Å². The molecule has 0 saturated carbocycles. The van der Waals surface area contributed by atoms with Gasteiger partial charge in [0.05, 0.1) is 16.3 Å². The Morgan fingerprint density at radius 1 is 1.30 bits per heavy atom. The van der Waals surface area contributed by atoms with Crippen LogP contribution in [-0.4, -0.2) is 9.91 Å². The summed E-state index contributed by atoms with van der Waals surface area (Å²) in [6.45, 7) is 0. The summed E-state index contributed by atoms with van der Waals surface area (Å²) in [6.07, 6.45) is 1.68. The van der Waals surface area contributed by atoms with E-state index in [1.54, 1.807) is 28.9 Å². The Kier molecular flexibility index (Phi) is 3.53. The summed E-state index contributed by atoms with van der Waals surface area (Å²) in [5, 5.41) is 12.3. The van der Waals surface area contributed by atoms with Gasteiger partial charge in [0.25, 0.3) is 0 Å². The number of para-hydroxylation sites is 1. The van der Waals surface area contributed by atoms with Gasteiger partial charge in [0.15, 0.2) is 4.34 Å². The highest BCUT2D eigenvalue weighted by Crippen LogP contribution is 2.30. The summed E-state index contributed by atoms with van der Waals surface area (Å²) in [6, 6.07) is 10.8. The monoisotopic (exact) mass is 304 g/mol. The number of benzene rings is 1. The van der Waals surface area contributed by atoms with Gasteiger partial charge in [0.2, 0.25) is 0 Å². The molecule has 3 aromatic rings. The molecule has 0 amide bonds. The van der Waals surface area contributed by atoms with Crippen molar-refractivity contribution >= 4 is 45.3 Å². The molecule has 0 radical (unpaired) electrons. The molecule has 0 aliphatic rings. The van der Waals surface area contributed by atoms with Crippen molar-refractivity contribution in [3.8, 4) is 0 Å². The first-order valence-corrected chi connectivity index (χ1v) is 7.35. The van der Waals surface area contributed by atoms with Crippen LogP contribution in [0.1, 0.15) is 5.76 Å². The molecule has 0 spiro atoms. The smallest absolute Gasteiger partial charge is 0.401 e. The highest BCUT2D eigenvalue weighted by molar-refractivity contribution is 8.04. The Morgan fingerprint density at radius 3 is 2.90 bits per heavy atom. The van der Waals surface area contributed by atoms with Gasteiger partial charge in [-0.05, 0) is 29.7 Å². The number of furan rings is 1. The van der Waals surface area contributed by atoms with Gasteiger partial charge in [-0.15, -0.1) is 11.3 Å². The number of aromatic nitrogens is 1. The summed E-state index contributed by atoms with van der Waals surface area (Å²) in [5.74, 6) is 0.194. The van der Waals surface area contributed by atoms with Crippen molar-refractivity contribution in [2.24, 2.45) is 0 Å². The van der Waals surface area contributed by atoms with Crippen molar-refractivity contribution in [1.29, 1.82) is 0 Å². The molecule has 2 aromatic heterocycles. The molecule has 0 atom stereocenters. The third-order valence-corrected chi connectivity index (χ3v) is 4.40. The Balaban J connectivity index is 1.71. The molecule has 5 nitrogen and oxygen atoms in total. The molecule has 0 fully saturated rings. The fourth-order valence-electron chi connectivity index (χ4n) is 1.59. The van der Waals surface area contributed by atoms with E-state index in [-0.39, 0.29) is 5.88 Å². The Labute approximate surface area is 122 Å². The van der Waals surface area contributed by atoms with Crippen molar-refractivity contribution < 1.29 is 9.34 Å². The van der Waals surface area contributed by atoms with Crippen LogP contribution < -0.4 is 0 Å². The van der Waals surface area contributed by atoms with E-state index in [0.29, 0.717) is 5.76 Å². The molecule has 0 saturated heterocycles. The predicted octanol–water partition coefficient (Wildman–Crippen LogP) is 4.56. The molecule has 1 aromatic carbocycles. The first-order chi connectivity index (χ1) is 9.72. The normalized spacial score (nSPS) is 11.4. The summed E-state index contributed by atoms with van der Waals surface area (Å²) in [5.41, 5.74) is 0.974. The maximum Gasteiger partial charge on any atom is 0.433 e. The second-order valence-corrected chi connectivity index (χ2v) is 5.98. The third-order valence-electron chi connectivity index (χ3n) is 2.47. The number of fused-ring (bicyclic) bond motifs is 1. The molecule has 0 aliphatic carbocycles. The third kappa shape index (κ3) is 2.73. The number of thiazole rings is 1. The summed E-state index contributed by atoms with van der Waals surface area (Å²) in [7, 11) is 0. The van der Waals surface area contributed by atoms with Gasteiger partial charge in [0, 0.05) is 0 Å². The van der Waals surface area contributed by atoms with Crippen molar-refractivity contribution in [3.05, 3.63) is 57.7 Å². The predicted molar refractivity (Wildman–Crippen MR) is 79.9 cm³/mol. The number of rotatable bonds is 4. The molecule has 20 heavy (non-hydrogen) atoms. The van der Waals surface area contributed by atoms with E-state index in [2.05, 4.69) is 4.98 Å². The molecule has 0 N–H and O–H groups in total. The number of nitrogens with zero attached hydrogens (tertiary/aromatic N) is 2. The van der Waals surface area contributed by atoms with Gasteiger partial charge in [-0.2, -0.15) is 0 Å². The van der Waals surface area contributed by atoms with Crippen LogP contribution in [0.3, 0.4) is 0 Å². The van der Waals surface area contributed by atoms with Gasteiger partial charge >= 0.3 is 5.88 Å². The maximum atomic E-state index is 10.5. The molecular formula is C13H8N2O3S2. The number of hydrogen-bond acceptors (Lipinski definition) is 6. The summed E-state index contributed by atoms with van der Waals surface area (Å²) >= 11 is 3.06. The van der Waals surface area contributed by atoms with Crippen LogP contribution in [0.25, 0.3) is 16.3 Å². The summed E-state index contributed by atoms with van der Waals surface area (Å²) in [4.78, 5) is 14.4. The standard InChI is InChI=1S/C13H8N2O3S2/c16-15(17)12-6-5-9(18-12)7-8-19-13-14-10-3-1-2-4-11(10)20-13/h1-8H/b8-7+. The Morgan fingerprint density at radius 2 is 2.15 bits per heavy atom. The van der Waals surface area contributed by atoms with Crippen LogP contribution in [0.4, 0.5) is 5.88 Å². The van der Waals surface area contributed by atoms with Gasteiger partial charge < -0.3 is 4.42 Å². The second kappa shape index (κ2) is 5.48. The molecule has 3 rings (SSSR count).